The van der Waals surface area contributed by atoms with Gasteiger partial charge in [-0.05, 0) is 37.5 Å². The van der Waals surface area contributed by atoms with Crippen LogP contribution < -0.4 is 0 Å². The first-order chi connectivity index (χ1) is 11.1. The quantitative estimate of drug-likeness (QED) is 0.743. The maximum atomic E-state index is 12.5. The van der Waals surface area contributed by atoms with E-state index in [1.807, 2.05) is 0 Å². The number of hydrogen-bond donors (Lipinski definition) is 2. The van der Waals surface area contributed by atoms with Gasteiger partial charge in [-0.3, -0.25) is 9.69 Å². The SMILES string of the molecule is O=C(O)[C@]1(C(=O)CO)CC(C2CCCC2)CN1C1CCCCO1. The van der Waals surface area contributed by atoms with Crippen LogP contribution in [0.2, 0.25) is 0 Å². The molecule has 0 aromatic rings. The third-order valence-corrected chi connectivity index (χ3v) is 6.01. The predicted molar refractivity (Wildman–Crippen MR) is 82.8 cm³/mol. The minimum atomic E-state index is -1.61. The molecule has 3 fully saturated rings. The summed E-state index contributed by atoms with van der Waals surface area (Å²) >= 11 is 0. The Labute approximate surface area is 136 Å². The molecule has 2 heterocycles. The van der Waals surface area contributed by atoms with Gasteiger partial charge in [0.25, 0.3) is 0 Å². The van der Waals surface area contributed by atoms with E-state index in [9.17, 15) is 19.8 Å². The number of carbonyl (C=O) groups excluding carboxylic acids is 1. The highest BCUT2D eigenvalue weighted by Gasteiger charge is 2.59. The smallest absolute Gasteiger partial charge is 0.332 e. The number of aliphatic carboxylic acids is 1. The largest absolute Gasteiger partial charge is 0.480 e. The Morgan fingerprint density at radius 2 is 1.78 bits per heavy atom. The highest BCUT2D eigenvalue weighted by molar-refractivity contribution is 6.08. The van der Waals surface area contributed by atoms with Gasteiger partial charge in [-0.1, -0.05) is 25.7 Å². The summed E-state index contributed by atoms with van der Waals surface area (Å²) in [6.45, 7) is 0.471. The molecule has 0 bridgehead atoms. The van der Waals surface area contributed by atoms with Crippen molar-refractivity contribution in [3.05, 3.63) is 0 Å². The fourth-order valence-electron chi connectivity index (χ4n) is 4.78. The summed E-state index contributed by atoms with van der Waals surface area (Å²) in [7, 11) is 0. The van der Waals surface area contributed by atoms with Crippen LogP contribution in [0, 0.1) is 11.8 Å². The fourth-order valence-corrected chi connectivity index (χ4v) is 4.78. The van der Waals surface area contributed by atoms with Crippen molar-refractivity contribution < 1.29 is 24.5 Å². The summed E-state index contributed by atoms with van der Waals surface area (Å²) < 4.78 is 5.80. The van der Waals surface area contributed by atoms with E-state index in [1.54, 1.807) is 4.90 Å². The standard InChI is InChI=1S/C17H27NO5/c19-11-14(20)17(16(21)22)9-13(12-5-1-2-6-12)10-18(17)15-7-3-4-8-23-15/h12-13,15,19H,1-11H2,(H,21,22)/t13?,15?,17-/m1/s1. The normalized spacial score (nSPS) is 36.4. The van der Waals surface area contributed by atoms with Crippen molar-refractivity contribution in [1.29, 1.82) is 0 Å². The van der Waals surface area contributed by atoms with Crippen LogP contribution in [0.25, 0.3) is 0 Å². The molecule has 0 aromatic carbocycles. The molecule has 2 aliphatic heterocycles. The van der Waals surface area contributed by atoms with Gasteiger partial charge in [-0.2, -0.15) is 0 Å². The van der Waals surface area contributed by atoms with Crippen molar-refractivity contribution in [2.45, 2.75) is 63.1 Å². The highest BCUT2D eigenvalue weighted by atomic mass is 16.5. The maximum Gasteiger partial charge on any atom is 0.332 e. The zero-order chi connectivity index (χ0) is 16.4. The number of ketones is 1. The molecule has 3 atom stereocenters. The number of Topliss-reactive ketones (excluding diaryl/α,β-unsaturated/α-hetero) is 1. The van der Waals surface area contributed by atoms with Gasteiger partial charge < -0.3 is 14.9 Å². The van der Waals surface area contributed by atoms with Gasteiger partial charge in [-0.15, -0.1) is 0 Å². The van der Waals surface area contributed by atoms with Crippen molar-refractivity contribution in [1.82, 2.24) is 4.90 Å². The Bertz CT molecular complexity index is 456. The summed E-state index contributed by atoms with van der Waals surface area (Å²) in [5.41, 5.74) is -1.61. The Morgan fingerprint density at radius 1 is 1.09 bits per heavy atom. The van der Waals surface area contributed by atoms with E-state index in [2.05, 4.69) is 0 Å². The number of nitrogens with zero attached hydrogens (tertiary/aromatic N) is 1. The van der Waals surface area contributed by atoms with E-state index in [0.717, 1.165) is 32.1 Å². The van der Waals surface area contributed by atoms with Crippen LogP contribution in [-0.2, 0) is 14.3 Å². The number of aliphatic hydroxyl groups excluding tert-OH is 1. The first-order valence-electron chi connectivity index (χ1n) is 8.85. The predicted octanol–water partition coefficient (Wildman–Crippen LogP) is 1.41. The van der Waals surface area contributed by atoms with Crippen LogP contribution in [0.1, 0.15) is 51.4 Å². The van der Waals surface area contributed by atoms with Gasteiger partial charge in [0.1, 0.15) is 12.8 Å². The monoisotopic (exact) mass is 325 g/mol. The Kier molecular flexibility index (Phi) is 5.04. The Hall–Kier alpha value is -0.980. The third-order valence-electron chi connectivity index (χ3n) is 6.01. The van der Waals surface area contributed by atoms with E-state index in [1.165, 1.54) is 12.8 Å². The topological polar surface area (TPSA) is 87.1 Å². The highest BCUT2D eigenvalue weighted by Crippen LogP contribution is 2.45. The second-order valence-corrected chi connectivity index (χ2v) is 7.23. The number of rotatable bonds is 5. The minimum Gasteiger partial charge on any atom is -0.480 e. The van der Waals surface area contributed by atoms with Gasteiger partial charge in [0, 0.05) is 13.2 Å². The fraction of sp³-hybridized carbons (Fsp3) is 0.882. The summed E-state index contributed by atoms with van der Waals surface area (Å²) in [6.07, 6.45) is 7.33. The Balaban J connectivity index is 1.90. The molecular formula is C17H27NO5. The third kappa shape index (κ3) is 2.92. The second kappa shape index (κ2) is 6.87. The first kappa shape index (κ1) is 16.9. The van der Waals surface area contributed by atoms with Gasteiger partial charge in [0.15, 0.2) is 11.3 Å². The molecule has 130 valence electrons. The number of likely N-dealkylation sites (tertiary alicyclic amines) is 1. The van der Waals surface area contributed by atoms with Crippen LogP contribution in [0.3, 0.4) is 0 Å². The van der Waals surface area contributed by atoms with Gasteiger partial charge in [-0.25, -0.2) is 4.79 Å². The molecule has 0 aromatic heterocycles. The van der Waals surface area contributed by atoms with Gasteiger partial charge in [0.05, 0.1) is 0 Å². The van der Waals surface area contributed by atoms with Crippen molar-refractivity contribution in [3.63, 3.8) is 0 Å². The summed E-state index contributed by atoms with van der Waals surface area (Å²) in [5, 5.41) is 19.3. The zero-order valence-electron chi connectivity index (χ0n) is 13.6. The average Bonchev–Trinajstić information content (AvgIpc) is 3.22. The number of hydrogen-bond acceptors (Lipinski definition) is 5. The molecule has 0 spiro atoms. The van der Waals surface area contributed by atoms with E-state index in [-0.39, 0.29) is 12.1 Å². The van der Waals surface area contributed by atoms with Crippen molar-refractivity contribution in [2.24, 2.45) is 11.8 Å². The molecular weight excluding hydrogens is 298 g/mol. The first-order valence-corrected chi connectivity index (χ1v) is 8.85. The zero-order valence-corrected chi connectivity index (χ0v) is 13.6. The lowest BCUT2D eigenvalue weighted by atomic mass is 9.82. The number of carboxylic acids is 1. The van der Waals surface area contributed by atoms with Crippen LogP contribution >= 0.6 is 0 Å². The number of carbonyl (C=O) groups is 2. The summed E-state index contributed by atoms with van der Waals surface area (Å²) in [4.78, 5) is 26.3. The number of aliphatic hydroxyl groups is 1. The van der Waals surface area contributed by atoms with Gasteiger partial charge in [0.2, 0.25) is 0 Å². The molecule has 1 aliphatic carbocycles. The maximum absolute atomic E-state index is 12.5. The molecule has 23 heavy (non-hydrogen) atoms. The van der Waals surface area contributed by atoms with E-state index >= 15 is 0 Å². The summed E-state index contributed by atoms with van der Waals surface area (Å²) in [6, 6.07) is 0. The lowest BCUT2D eigenvalue weighted by Gasteiger charge is -2.39. The molecule has 1 saturated carbocycles. The van der Waals surface area contributed by atoms with Crippen LogP contribution in [-0.4, -0.2) is 58.4 Å². The average molecular weight is 325 g/mol. The van der Waals surface area contributed by atoms with E-state index in [0.29, 0.717) is 25.5 Å². The molecule has 6 nitrogen and oxygen atoms in total. The molecule has 2 N–H and O–H groups in total. The molecule has 0 amide bonds. The van der Waals surface area contributed by atoms with Crippen LogP contribution in [0.4, 0.5) is 0 Å². The Morgan fingerprint density at radius 3 is 2.35 bits per heavy atom. The minimum absolute atomic E-state index is 0.203. The van der Waals surface area contributed by atoms with E-state index in [4.69, 9.17) is 4.74 Å². The molecule has 2 saturated heterocycles. The van der Waals surface area contributed by atoms with Crippen LogP contribution in [0.15, 0.2) is 0 Å². The number of carboxylic acid groups (broad SMARTS) is 1. The van der Waals surface area contributed by atoms with Crippen LogP contribution in [0.5, 0.6) is 0 Å². The molecule has 6 heteroatoms. The van der Waals surface area contributed by atoms with Crippen molar-refractivity contribution in [3.8, 4) is 0 Å². The van der Waals surface area contributed by atoms with Crippen molar-refractivity contribution in [2.75, 3.05) is 19.8 Å². The lowest BCUT2D eigenvalue weighted by Crippen LogP contribution is -2.61. The molecule has 0 radical (unpaired) electrons. The second-order valence-electron chi connectivity index (χ2n) is 7.23. The summed E-state index contributed by atoms with van der Waals surface area (Å²) in [5.74, 6) is -1.03. The van der Waals surface area contributed by atoms with Gasteiger partial charge >= 0.3 is 5.97 Å². The van der Waals surface area contributed by atoms with Crippen molar-refractivity contribution >= 4 is 11.8 Å². The number of ether oxygens (including phenoxy) is 1. The molecule has 3 aliphatic rings. The molecule has 3 rings (SSSR count). The molecule has 2 unspecified atom stereocenters. The lowest BCUT2D eigenvalue weighted by molar-refractivity contribution is -0.172. The van der Waals surface area contributed by atoms with E-state index < -0.39 is 23.9 Å².